The molecule has 27 heavy (non-hydrogen) atoms. The number of aryl methyl sites for hydroxylation is 1. The summed E-state index contributed by atoms with van der Waals surface area (Å²) >= 11 is 0. The van der Waals surface area contributed by atoms with Crippen molar-refractivity contribution in [3.63, 3.8) is 0 Å². The van der Waals surface area contributed by atoms with E-state index in [1.165, 1.54) is 16.1 Å². The number of fused-ring (bicyclic) bond motifs is 1. The number of nitrogens with zero attached hydrogens (tertiary/aromatic N) is 3. The first-order valence-electron chi connectivity index (χ1n) is 9.37. The molecule has 0 bridgehead atoms. The molecule has 0 N–H and O–H groups in total. The van der Waals surface area contributed by atoms with Gasteiger partial charge in [0.25, 0.3) is 0 Å². The van der Waals surface area contributed by atoms with Gasteiger partial charge in [-0.1, -0.05) is 35.0 Å². The maximum absolute atomic E-state index is 12.9. The zero-order chi connectivity index (χ0) is 19.2. The van der Waals surface area contributed by atoms with Crippen molar-refractivity contribution in [2.75, 3.05) is 32.4 Å². The van der Waals surface area contributed by atoms with Gasteiger partial charge in [-0.05, 0) is 25.3 Å². The summed E-state index contributed by atoms with van der Waals surface area (Å²) in [5, 5.41) is 4.27. The SMILES string of the molecule is Cc1ccc(C2=NO[C@@H]3CN(C(=O)C4CCN(S(C)(=O)=O)CC4)C[C@H]23)cc1. The van der Waals surface area contributed by atoms with Crippen molar-refractivity contribution < 1.29 is 18.0 Å². The predicted molar refractivity (Wildman–Crippen MR) is 102 cm³/mol. The number of likely N-dealkylation sites (tertiary alicyclic amines) is 1. The van der Waals surface area contributed by atoms with E-state index in [0.29, 0.717) is 39.0 Å². The highest BCUT2D eigenvalue weighted by atomic mass is 32.2. The van der Waals surface area contributed by atoms with Gasteiger partial charge in [0.1, 0.15) is 0 Å². The molecule has 1 amide bonds. The molecule has 2 fully saturated rings. The average Bonchev–Trinajstić information content (AvgIpc) is 3.22. The molecule has 0 radical (unpaired) electrons. The van der Waals surface area contributed by atoms with E-state index >= 15 is 0 Å². The summed E-state index contributed by atoms with van der Waals surface area (Å²) in [6, 6.07) is 8.20. The molecule has 3 heterocycles. The Morgan fingerprint density at radius 2 is 1.81 bits per heavy atom. The topological polar surface area (TPSA) is 79.3 Å². The molecule has 1 aromatic carbocycles. The van der Waals surface area contributed by atoms with Gasteiger partial charge in [0.15, 0.2) is 6.10 Å². The van der Waals surface area contributed by atoms with Gasteiger partial charge in [0.05, 0.1) is 24.4 Å². The Labute approximate surface area is 160 Å². The molecule has 8 heteroatoms. The molecule has 146 valence electrons. The fourth-order valence-electron chi connectivity index (χ4n) is 4.20. The second-order valence-corrected chi connectivity index (χ2v) is 9.75. The second-order valence-electron chi connectivity index (χ2n) is 7.77. The summed E-state index contributed by atoms with van der Waals surface area (Å²) in [6.45, 7) is 4.05. The van der Waals surface area contributed by atoms with Crippen LogP contribution in [-0.2, 0) is 19.7 Å². The first-order chi connectivity index (χ1) is 12.8. The highest BCUT2D eigenvalue weighted by Gasteiger charge is 2.45. The van der Waals surface area contributed by atoms with Gasteiger partial charge in [-0.3, -0.25) is 4.79 Å². The zero-order valence-corrected chi connectivity index (χ0v) is 16.5. The summed E-state index contributed by atoms with van der Waals surface area (Å²) in [5.41, 5.74) is 3.16. The molecular formula is C19H25N3O4S. The lowest BCUT2D eigenvalue weighted by Crippen LogP contribution is -2.44. The predicted octanol–water partition coefficient (Wildman–Crippen LogP) is 1.23. The van der Waals surface area contributed by atoms with Crippen LogP contribution in [0.5, 0.6) is 0 Å². The number of piperidine rings is 1. The summed E-state index contributed by atoms with van der Waals surface area (Å²) in [6.07, 6.45) is 2.30. The lowest BCUT2D eigenvalue weighted by atomic mass is 9.94. The minimum atomic E-state index is -3.17. The maximum Gasteiger partial charge on any atom is 0.225 e. The van der Waals surface area contributed by atoms with Crippen LogP contribution in [0, 0.1) is 18.8 Å². The van der Waals surface area contributed by atoms with Crippen molar-refractivity contribution >= 4 is 21.6 Å². The third-order valence-corrected chi connectivity index (χ3v) is 7.14. The number of rotatable bonds is 3. The molecular weight excluding hydrogens is 366 g/mol. The molecule has 1 aromatic rings. The van der Waals surface area contributed by atoms with Crippen molar-refractivity contribution in [3.8, 4) is 0 Å². The highest BCUT2D eigenvalue weighted by Crippen LogP contribution is 2.32. The van der Waals surface area contributed by atoms with Gasteiger partial charge in [0.2, 0.25) is 15.9 Å². The molecule has 0 aromatic heterocycles. The molecule has 3 aliphatic heterocycles. The number of sulfonamides is 1. The summed E-state index contributed by atoms with van der Waals surface area (Å²) in [7, 11) is -3.17. The number of oxime groups is 1. The molecule has 7 nitrogen and oxygen atoms in total. The Morgan fingerprint density at radius 3 is 2.44 bits per heavy atom. The number of carbonyl (C=O) groups excluding carboxylic acids is 1. The van der Waals surface area contributed by atoms with E-state index in [1.54, 1.807) is 0 Å². The number of amides is 1. The Morgan fingerprint density at radius 1 is 1.15 bits per heavy atom. The van der Waals surface area contributed by atoms with Crippen LogP contribution in [0.1, 0.15) is 24.0 Å². The largest absolute Gasteiger partial charge is 0.390 e. The van der Waals surface area contributed by atoms with Gasteiger partial charge in [-0.15, -0.1) is 0 Å². The van der Waals surface area contributed by atoms with Crippen LogP contribution in [-0.4, -0.2) is 67.8 Å². The molecule has 0 aliphatic carbocycles. The van der Waals surface area contributed by atoms with E-state index in [4.69, 9.17) is 4.84 Å². The monoisotopic (exact) mass is 391 g/mol. The number of hydrogen-bond acceptors (Lipinski definition) is 5. The normalized spacial score (nSPS) is 26.6. The van der Waals surface area contributed by atoms with Gasteiger partial charge in [-0.25, -0.2) is 12.7 Å². The van der Waals surface area contributed by atoms with Crippen LogP contribution >= 0.6 is 0 Å². The number of hydrogen-bond donors (Lipinski definition) is 0. The quantitative estimate of drug-likeness (QED) is 0.776. The Balaban J connectivity index is 1.39. The molecule has 3 aliphatic rings. The highest BCUT2D eigenvalue weighted by molar-refractivity contribution is 7.88. The lowest BCUT2D eigenvalue weighted by molar-refractivity contribution is -0.136. The standard InChI is InChI=1S/C19H25N3O4S/c1-13-3-5-14(6-4-13)18-16-11-21(12-17(16)26-20-18)19(23)15-7-9-22(10-8-15)27(2,24)25/h3-6,15-17H,7-12H2,1-2H3/t16-,17+/m0/s1. The van der Waals surface area contributed by atoms with Crippen molar-refractivity contribution in [1.29, 1.82) is 0 Å². The van der Waals surface area contributed by atoms with Gasteiger partial charge in [0, 0.05) is 25.6 Å². The molecule has 0 spiro atoms. The fourth-order valence-corrected chi connectivity index (χ4v) is 5.07. The van der Waals surface area contributed by atoms with Crippen LogP contribution in [0.4, 0.5) is 0 Å². The first kappa shape index (κ1) is 18.4. The molecule has 2 saturated heterocycles. The molecule has 2 atom stereocenters. The Hall–Kier alpha value is -1.93. The zero-order valence-electron chi connectivity index (χ0n) is 15.7. The van der Waals surface area contributed by atoms with Gasteiger partial charge >= 0.3 is 0 Å². The van der Waals surface area contributed by atoms with E-state index in [2.05, 4.69) is 17.3 Å². The summed E-state index contributed by atoms with van der Waals surface area (Å²) in [4.78, 5) is 20.4. The molecule has 0 unspecified atom stereocenters. The van der Waals surface area contributed by atoms with E-state index in [0.717, 1.165) is 11.3 Å². The average molecular weight is 391 g/mol. The second kappa shape index (κ2) is 6.91. The van der Waals surface area contributed by atoms with E-state index < -0.39 is 10.0 Å². The van der Waals surface area contributed by atoms with Crippen molar-refractivity contribution in [3.05, 3.63) is 35.4 Å². The third-order valence-electron chi connectivity index (χ3n) is 5.84. The van der Waals surface area contributed by atoms with Crippen molar-refractivity contribution in [2.45, 2.75) is 25.9 Å². The Bertz CT molecular complexity index is 857. The van der Waals surface area contributed by atoms with Crippen LogP contribution in [0.2, 0.25) is 0 Å². The van der Waals surface area contributed by atoms with Crippen LogP contribution in [0.3, 0.4) is 0 Å². The van der Waals surface area contributed by atoms with Crippen LogP contribution in [0.25, 0.3) is 0 Å². The first-order valence-corrected chi connectivity index (χ1v) is 11.2. The Kier molecular flexibility index (Phi) is 4.71. The van der Waals surface area contributed by atoms with Gasteiger partial charge in [-0.2, -0.15) is 0 Å². The maximum atomic E-state index is 12.9. The summed E-state index contributed by atoms with van der Waals surface area (Å²) in [5.74, 6) is 0.110. The number of benzene rings is 1. The van der Waals surface area contributed by atoms with Gasteiger partial charge < -0.3 is 9.74 Å². The number of carbonyl (C=O) groups is 1. The van der Waals surface area contributed by atoms with Crippen LogP contribution in [0.15, 0.2) is 29.4 Å². The van der Waals surface area contributed by atoms with Crippen molar-refractivity contribution in [1.82, 2.24) is 9.21 Å². The third kappa shape index (κ3) is 3.60. The molecule has 4 rings (SSSR count). The van der Waals surface area contributed by atoms with E-state index in [-0.39, 0.29) is 23.8 Å². The molecule has 0 saturated carbocycles. The van der Waals surface area contributed by atoms with Crippen molar-refractivity contribution in [2.24, 2.45) is 17.0 Å². The van der Waals surface area contributed by atoms with E-state index in [9.17, 15) is 13.2 Å². The smallest absolute Gasteiger partial charge is 0.225 e. The lowest BCUT2D eigenvalue weighted by Gasteiger charge is -2.31. The summed E-state index contributed by atoms with van der Waals surface area (Å²) < 4.78 is 24.7. The minimum absolute atomic E-state index is 0.0821. The van der Waals surface area contributed by atoms with E-state index in [1.807, 2.05) is 24.0 Å². The van der Waals surface area contributed by atoms with Crippen LogP contribution < -0.4 is 0 Å². The minimum Gasteiger partial charge on any atom is -0.390 e. The fraction of sp³-hybridized carbons (Fsp3) is 0.579.